The Kier molecular flexibility index (Phi) is 17.3. The first-order valence-electron chi connectivity index (χ1n) is 16.8. The van der Waals surface area contributed by atoms with Crippen molar-refractivity contribution in [1.82, 2.24) is 0 Å². The van der Waals surface area contributed by atoms with Crippen molar-refractivity contribution in [2.75, 3.05) is 19.8 Å². The highest BCUT2D eigenvalue weighted by Crippen LogP contribution is 2.34. The summed E-state index contributed by atoms with van der Waals surface area (Å²) in [6, 6.07) is 0. The van der Waals surface area contributed by atoms with Crippen molar-refractivity contribution < 1.29 is 89.1 Å². The van der Waals surface area contributed by atoms with Gasteiger partial charge in [-0.05, 0) is 39.5 Å². The third-order valence-electron chi connectivity index (χ3n) is 8.92. The molecule has 0 aromatic carbocycles. The lowest BCUT2D eigenvalue weighted by atomic mass is 9.96. The molecule has 0 aromatic rings. The largest absolute Gasteiger partial charge is 0.394 e. The van der Waals surface area contributed by atoms with Gasteiger partial charge in [0.25, 0.3) is 0 Å². The first kappa shape index (κ1) is 42.1. The van der Waals surface area contributed by atoms with Crippen LogP contribution in [0.1, 0.15) is 65.2 Å². The molecule has 10 N–H and O–H groups in total. The molecule has 3 heterocycles. The van der Waals surface area contributed by atoms with E-state index in [-0.39, 0.29) is 43.9 Å². The molecule has 0 radical (unpaired) electrons. The SMILES string of the molecule is CC(O)CCC(=O)CCCC(=O)CCCCO[C@@H]1OC(CO)[C@H](O)[C@H](O[C@H]2OC(CO)[C@H](O)[C@H](O)C2O)C1O[C@@H]1OC(C)[C@@H](O)[C@H](O)C1O. The zero-order valence-electron chi connectivity index (χ0n) is 27.8. The highest BCUT2D eigenvalue weighted by Gasteiger charge is 2.54. The van der Waals surface area contributed by atoms with E-state index in [1.54, 1.807) is 6.92 Å². The second-order valence-electron chi connectivity index (χ2n) is 12.9. The summed E-state index contributed by atoms with van der Waals surface area (Å²) in [5, 5.41) is 102. The van der Waals surface area contributed by atoms with E-state index in [1.807, 2.05) is 0 Å². The van der Waals surface area contributed by atoms with Crippen LogP contribution in [0.4, 0.5) is 0 Å². The van der Waals surface area contributed by atoms with Gasteiger partial charge in [0.15, 0.2) is 18.9 Å². The zero-order valence-corrected chi connectivity index (χ0v) is 27.8. The molecular weight excluding hydrogens is 660 g/mol. The molecule has 0 amide bonds. The minimum absolute atomic E-state index is 0.0159. The number of ketones is 2. The average Bonchev–Trinajstić information content (AvgIpc) is 3.07. The lowest BCUT2D eigenvalue weighted by molar-refractivity contribution is -0.390. The van der Waals surface area contributed by atoms with E-state index in [0.717, 1.165) is 0 Å². The summed E-state index contributed by atoms with van der Waals surface area (Å²) in [6.45, 7) is 1.46. The number of unbranched alkanes of at least 4 members (excludes halogenated alkanes) is 1. The molecule has 0 aromatic heterocycles. The summed E-state index contributed by atoms with van der Waals surface area (Å²) in [5.41, 5.74) is 0. The average molecular weight is 715 g/mol. The van der Waals surface area contributed by atoms with E-state index >= 15 is 0 Å². The summed E-state index contributed by atoms with van der Waals surface area (Å²) in [7, 11) is 0. The third-order valence-corrected chi connectivity index (χ3v) is 8.92. The Morgan fingerprint density at radius 3 is 1.73 bits per heavy atom. The van der Waals surface area contributed by atoms with Gasteiger partial charge < -0.3 is 79.5 Å². The zero-order chi connectivity index (χ0) is 36.4. The maximum absolute atomic E-state index is 12.3. The molecule has 49 heavy (non-hydrogen) atoms. The molecule has 0 bridgehead atoms. The van der Waals surface area contributed by atoms with Crippen LogP contribution in [0.25, 0.3) is 0 Å². The molecule has 18 heteroatoms. The first-order valence-corrected chi connectivity index (χ1v) is 16.8. The summed E-state index contributed by atoms with van der Waals surface area (Å²) < 4.78 is 34.4. The fourth-order valence-corrected chi connectivity index (χ4v) is 5.82. The van der Waals surface area contributed by atoms with Crippen molar-refractivity contribution >= 4 is 11.6 Å². The predicted molar refractivity (Wildman–Crippen MR) is 162 cm³/mol. The Morgan fingerprint density at radius 1 is 0.612 bits per heavy atom. The van der Waals surface area contributed by atoms with Gasteiger partial charge in [0.2, 0.25) is 0 Å². The van der Waals surface area contributed by atoms with E-state index in [4.69, 9.17) is 28.4 Å². The fraction of sp³-hybridized carbons (Fsp3) is 0.935. The minimum Gasteiger partial charge on any atom is -0.394 e. The summed E-state index contributed by atoms with van der Waals surface area (Å²) >= 11 is 0. The number of Topliss-reactive ketones (excluding diaryl/α,β-unsaturated/α-hetero) is 2. The van der Waals surface area contributed by atoms with Crippen molar-refractivity contribution in [2.45, 2.75) is 163 Å². The minimum atomic E-state index is -1.88. The molecular formula is C31H54O18. The Morgan fingerprint density at radius 2 is 1.12 bits per heavy atom. The van der Waals surface area contributed by atoms with Gasteiger partial charge in [0.05, 0.1) is 25.4 Å². The normalized spacial score (nSPS) is 40.6. The number of ether oxygens (including phenoxy) is 6. The molecule has 3 aliphatic heterocycles. The van der Waals surface area contributed by atoms with Crippen LogP contribution >= 0.6 is 0 Å². The Bertz CT molecular complexity index is 1000. The molecule has 0 saturated carbocycles. The summed E-state index contributed by atoms with van der Waals surface area (Å²) in [5.74, 6) is -0.0639. The predicted octanol–water partition coefficient (Wildman–Crippen LogP) is -3.88. The van der Waals surface area contributed by atoms with Gasteiger partial charge in [-0.25, -0.2) is 0 Å². The van der Waals surface area contributed by atoms with Crippen LogP contribution in [-0.4, -0.2) is 181 Å². The Balaban J connectivity index is 1.68. The van der Waals surface area contributed by atoms with Gasteiger partial charge in [-0.2, -0.15) is 0 Å². The van der Waals surface area contributed by atoms with Crippen molar-refractivity contribution in [3.05, 3.63) is 0 Å². The highest BCUT2D eigenvalue weighted by molar-refractivity contribution is 5.81. The lowest BCUT2D eigenvalue weighted by Crippen LogP contribution is -2.67. The van der Waals surface area contributed by atoms with Crippen LogP contribution < -0.4 is 0 Å². The lowest BCUT2D eigenvalue weighted by Gasteiger charge is -2.48. The molecule has 16 atom stereocenters. The van der Waals surface area contributed by atoms with E-state index in [0.29, 0.717) is 25.7 Å². The van der Waals surface area contributed by atoms with Gasteiger partial charge in [-0.3, -0.25) is 9.59 Å². The summed E-state index contributed by atoms with van der Waals surface area (Å²) in [4.78, 5) is 24.2. The molecule has 3 aliphatic rings. The van der Waals surface area contributed by atoms with E-state index < -0.39 is 111 Å². The number of hydrogen-bond acceptors (Lipinski definition) is 18. The monoisotopic (exact) mass is 714 g/mol. The van der Waals surface area contributed by atoms with Crippen molar-refractivity contribution in [3.8, 4) is 0 Å². The van der Waals surface area contributed by atoms with Crippen molar-refractivity contribution in [2.24, 2.45) is 0 Å². The fourth-order valence-electron chi connectivity index (χ4n) is 5.82. The standard InChI is InChI=1S/C31H54O18/c1-14(34)9-10-17(36)8-5-7-16(35)6-3-4-11-44-31-28(49-29-25(42)23(40)20(37)15(2)45-29)27(22(39)19(13-33)47-31)48-30-26(43)24(41)21(38)18(12-32)46-30/h14-15,18-34,37-43H,3-13H2,1-2H3/t14?,15?,18?,19?,20-,21+,22+,23+,24+,25?,26?,27+,28?,29+,30-,31-/m1/s1. The van der Waals surface area contributed by atoms with Crippen LogP contribution in [0.2, 0.25) is 0 Å². The van der Waals surface area contributed by atoms with Crippen LogP contribution in [0.3, 0.4) is 0 Å². The number of aliphatic hydroxyl groups excluding tert-OH is 10. The Hall–Kier alpha value is -1.30. The van der Waals surface area contributed by atoms with Gasteiger partial charge in [0, 0.05) is 32.3 Å². The number of hydrogen-bond donors (Lipinski definition) is 10. The number of carbonyl (C=O) groups is 2. The maximum atomic E-state index is 12.3. The maximum Gasteiger partial charge on any atom is 0.187 e. The second-order valence-corrected chi connectivity index (χ2v) is 12.9. The van der Waals surface area contributed by atoms with E-state index in [9.17, 15) is 60.7 Å². The molecule has 286 valence electrons. The quantitative estimate of drug-likeness (QED) is 0.0572. The molecule has 3 fully saturated rings. The topological polar surface area (TPSA) is 292 Å². The van der Waals surface area contributed by atoms with Gasteiger partial charge in [-0.1, -0.05) is 0 Å². The number of carbonyl (C=O) groups excluding carboxylic acids is 2. The molecule has 0 spiro atoms. The third kappa shape index (κ3) is 11.6. The van der Waals surface area contributed by atoms with E-state index in [2.05, 4.69) is 0 Å². The van der Waals surface area contributed by atoms with Crippen LogP contribution in [0, 0.1) is 0 Å². The second kappa shape index (κ2) is 20.1. The van der Waals surface area contributed by atoms with Crippen LogP contribution in [-0.2, 0) is 38.0 Å². The van der Waals surface area contributed by atoms with Crippen molar-refractivity contribution in [1.29, 1.82) is 0 Å². The molecule has 7 unspecified atom stereocenters. The first-order chi connectivity index (χ1) is 23.2. The highest BCUT2D eigenvalue weighted by atomic mass is 16.8. The molecule has 3 saturated heterocycles. The number of rotatable bonds is 19. The summed E-state index contributed by atoms with van der Waals surface area (Å²) in [6.07, 6.45) is -22.0. The molecule has 3 rings (SSSR count). The number of aliphatic hydroxyl groups is 10. The van der Waals surface area contributed by atoms with Gasteiger partial charge in [-0.15, -0.1) is 0 Å². The smallest absolute Gasteiger partial charge is 0.187 e. The molecule has 18 nitrogen and oxygen atoms in total. The Labute approximate surface area is 284 Å². The van der Waals surface area contributed by atoms with Gasteiger partial charge in [0.1, 0.15) is 78.7 Å². The van der Waals surface area contributed by atoms with E-state index in [1.165, 1.54) is 6.92 Å². The van der Waals surface area contributed by atoms with Crippen LogP contribution in [0.15, 0.2) is 0 Å². The van der Waals surface area contributed by atoms with Crippen LogP contribution in [0.5, 0.6) is 0 Å². The van der Waals surface area contributed by atoms with Gasteiger partial charge >= 0.3 is 0 Å². The molecule has 0 aliphatic carbocycles. The van der Waals surface area contributed by atoms with Crippen molar-refractivity contribution in [3.63, 3.8) is 0 Å².